The summed E-state index contributed by atoms with van der Waals surface area (Å²) in [4.78, 5) is 0. The second kappa shape index (κ2) is 5.88. The molecule has 0 radical (unpaired) electrons. The standard InChI is InChI=1S/C15H14N4S/c1-12-6-5-7-13(10-12)11-20-15-16-17-18-19(15)14-8-3-2-4-9-14/h2-10H,11H2,1H3. The maximum absolute atomic E-state index is 4.09. The lowest BCUT2D eigenvalue weighted by Crippen LogP contribution is -1.98. The van der Waals surface area contributed by atoms with E-state index in [4.69, 9.17) is 0 Å². The Bertz CT molecular complexity index is 694. The number of para-hydroxylation sites is 1. The van der Waals surface area contributed by atoms with Crippen LogP contribution in [0.2, 0.25) is 0 Å². The molecule has 0 saturated heterocycles. The lowest BCUT2D eigenvalue weighted by Gasteiger charge is -2.04. The van der Waals surface area contributed by atoms with Crippen molar-refractivity contribution in [2.45, 2.75) is 17.8 Å². The van der Waals surface area contributed by atoms with Crippen LogP contribution >= 0.6 is 11.8 Å². The minimum absolute atomic E-state index is 0.803. The number of hydrogen-bond acceptors (Lipinski definition) is 4. The summed E-state index contributed by atoms with van der Waals surface area (Å²) in [7, 11) is 0. The van der Waals surface area contributed by atoms with Crippen molar-refractivity contribution in [2.75, 3.05) is 0 Å². The molecule has 0 aliphatic carbocycles. The minimum Gasteiger partial charge on any atom is -0.188 e. The van der Waals surface area contributed by atoms with Gasteiger partial charge in [-0.1, -0.05) is 59.8 Å². The maximum atomic E-state index is 4.09. The first-order valence-corrected chi connectivity index (χ1v) is 7.33. The van der Waals surface area contributed by atoms with Gasteiger partial charge in [0.05, 0.1) is 5.69 Å². The number of thioether (sulfide) groups is 1. The van der Waals surface area contributed by atoms with Crippen LogP contribution in [0.1, 0.15) is 11.1 Å². The van der Waals surface area contributed by atoms with Gasteiger partial charge in [0.25, 0.3) is 0 Å². The summed E-state index contributed by atoms with van der Waals surface area (Å²) in [5.74, 6) is 0.856. The highest BCUT2D eigenvalue weighted by molar-refractivity contribution is 7.98. The molecule has 0 N–H and O–H groups in total. The van der Waals surface area contributed by atoms with Crippen LogP contribution in [0.25, 0.3) is 5.69 Å². The number of aromatic nitrogens is 4. The van der Waals surface area contributed by atoms with E-state index in [2.05, 4.69) is 46.7 Å². The molecule has 4 nitrogen and oxygen atoms in total. The number of nitrogens with zero attached hydrogens (tertiary/aromatic N) is 4. The number of aryl methyl sites for hydroxylation is 1. The van der Waals surface area contributed by atoms with Crippen molar-refractivity contribution < 1.29 is 0 Å². The maximum Gasteiger partial charge on any atom is 0.214 e. The van der Waals surface area contributed by atoms with Crippen LogP contribution in [0.5, 0.6) is 0 Å². The first-order valence-electron chi connectivity index (χ1n) is 6.35. The molecule has 0 aliphatic heterocycles. The van der Waals surface area contributed by atoms with Gasteiger partial charge < -0.3 is 0 Å². The minimum atomic E-state index is 0.803. The van der Waals surface area contributed by atoms with Gasteiger partial charge in [-0.25, -0.2) is 0 Å². The van der Waals surface area contributed by atoms with Gasteiger partial charge in [0.1, 0.15) is 0 Å². The number of benzene rings is 2. The van der Waals surface area contributed by atoms with Gasteiger partial charge in [-0.05, 0) is 35.0 Å². The van der Waals surface area contributed by atoms with E-state index >= 15 is 0 Å². The molecular weight excluding hydrogens is 268 g/mol. The second-order valence-corrected chi connectivity index (χ2v) is 5.43. The summed E-state index contributed by atoms with van der Waals surface area (Å²) in [6.07, 6.45) is 0. The van der Waals surface area contributed by atoms with Crippen LogP contribution in [-0.4, -0.2) is 20.2 Å². The third-order valence-electron chi connectivity index (χ3n) is 2.89. The van der Waals surface area contributed by atoms with E-state index in [1.54, 1.807) is 16.4 Å². The number of hydrogen-bond donors (Lipinski definition) is 0. The summed E-state index contributed by atoms with van der Waals surface area (Å²) in [5, 5.41) is 12.7. The first-order chi connectivity index (χ1) is 9.83. The Kier molecular flexibility index (Phi) is 3.78. The van der Waals surface area contributed by atoms with E-state index in [-0.39, 0.29) is 0 Å². The molecule has 0 bridgehead atoms. The lowest BCUT2D eigenvalue weighted by molar-refractivity contribution is 0.756. The highest BCUT2D eigenvalue weighted by atomic mass is 32.2. The summed E-state index contributed by atoms with van der Waals surface area (Å²) in [5.41, 5.74) is 3.52. The van der Waals surface area contributed by atoms with Crippen molar-refractivity contribution in [1.82, 2.24) is 20.2 Å². The van der Waals surface area contributed by atoms with Crippen molar-refractivity contribution >= 4 is 11.8 Å². The van der Waals surface area contributed by atoms with Gasteiger partial charge in [-0.15, -0.1) is 5.10 Å². The zero-order chi connectivity index (χ0) is 13.8. The number of rotatable bonds is 4. The fourth-order valence-corrected chi connectivity index (χ4v) is 2.78. The lowest BCUT2D eigenvalue weighted by atomic mass is 10.2. The van der Waals surface area contributed by atoms with Crippen LogP contribution in [-0.2, 0) is 5.75 Å². The summed E-state index contributed by atoms with van der Waals surface area (Å²) in [6.45, 7) is 2.10. The Morgan fingerprint density at radius 2 is 1.90 bits per heavy atom. The SMILES string of the molecule is Cc1cccc(CSc2nnnn2-c2ccccc2)c1. The van der Waals surface area contributed by atoms with Gasteiger partial charge in [0.2, 0.25) is 5.16 Å². The third-order valence-corrected chi connectivity index (χ3v) is 3.88. The molecule has 1 aromatic heterocycles. The molecule has 20 heavy (non-hydrogen) atoms. The molecule has 3 rings (SSSR count). The van der Waals surface area contributed by atoms with E-state index in [1.807, 2.05) is 30.3 Å². The van der Waals surface area contributed by atoms with Gasteiger partial charge >= 0.3 is 0 Å². The second-order valence-electron chi connectivity index (χ2n) is 4.49. The summed E-state index contributed by atoms with van der Waals surface area (Å²) in [6, 6.07) is 18.4. The largest absolute Gasteiger partial charge is 0.214 e. The topological polar surface area (TPSA) is 43.6 Å². The Labute approximate surface area is 121 Å². The quantitative estimate of drug-likeness (QED) is 0.689. The Hall–Kier alpha value is -2.14. The van der Waals surface area contributed by atoms with Crippen molar-refractivity contribution in [1.29, 1.82) is 0 Å². The van der Waals surface area contributed by atoms with Crippen LogP contribution in [0.3, 0.4) is 0 Å². The zero-order valence-electron chi connectivity index (χ0n) is 11.1. The van der Waals surface area contributed by atoms with Gasteiger partial charge in [0.15, 0.2) is 0 Å². The Balaban J connectivity index is 1.78. The zero-order valence-corrected chi connectivity index (χ0v) is 11.9. The summed E-state index contributed by atoms with van der Waals surface area (Å²) < 4.78 is 1.76. The fraction of sp³-hybridized carbons (Fsp3) is 0.133. The molecule has 0 spiro atoms. The highest BCUT2D eigenvalue weighted by Crippen LogP contribution is 2.22. The molecule has 1 heterocycles. The highest BCUT2D eigenvalue weighted by Gasteiger charge is 2.08. The van der Waals surface area contributed by atoms with E-state index < -0.39 is 0 Å². The van der Waals surface area contributed by atoms with Crippen molar-refractivity contribution in [3.63, 3.8) is 0 Å². The molecular formula is C15H14N4S. The van der Waals surface area contributed by atoms with E-state index in [1.165, 1.54) is 11.1 Å². The molecule has 0 fully saturated rings. The molecule has 100 valence electrons. The predicted molar refractivity (Wildman–Crippen MR) is 79.9 cm³/mol. The van der Waals surface area contributed by atoms with Crippen molar-refractivity contribution in [3.05, 3.63) is 65.7 Å². The predicted octanol–water partition coefficient (Wildman–Crippen LogP) is 3.26. The van der Waals surface area contributed by atoms with E-state index in [0.717, 1.165) is 16.6 Å². The molecule has 0 saturated carbocycles. The van der Waals surface area contributed by atoms with E-state index in [0.29, 0.717) is 0 Å². The molecule has 0 aliphatic rings. The summed E-state index contributed by atoms with van der Waals surface area (Å²) >= 11 is 1.64. The smallest absolute Gasteiger partial charge is 0.188 e. The van der Waals surface area contributed by atoms with Crippen molar-refractivity contribution in [2.24, 2.45) is 0 Å². The van der Waals surface area contributed by atoms with E-state index in [9.17, 15) is 0 Å². The Morgan fingerprint density at radius 1 is 1.05 bits per heavy atom. The average Bonchev–Trinajstić information content (AvgIpc) is 2.95. The third kappa shape index (κ3) is 2.88. The molecule has 0 atom stereocenters. The van der Waals surface area contributed by atoms with Gasteiger partial charge in [0, 0.05) is 5.75 Å². The molecule has 3 aromatic rings. The fourth-order valence-electron chi connectivity index (χ4n) is 1.95. The van der Waals surface area contributed by atoms with Crippen LogP contribution in [0.4, 0.5) is 0 Å². The monoisotopic (exact) mass is 282 g/mol. The molecule has 5 heteroatoms. The molecule has 0 unspecified atom stereocenters. The van der Waals surface area contributed by atoms with Gasteiger partial charge in [-0.3, -0.25) is 0 Å². The molecule has 2 aromatic carbocycles. The Morgan fingerprint density at radius 3 is 2.70 bits per heavy atom. The number of tetrazole rings is 1. The average molecular weight is 282 g/mol. The van der Waals surface area contributed by atoms with Gasteiger partial charge in [-0.2, -0.15) is 4.68 Å². The molecule has 0 amide bonds. The van der Waals surface area contributed by atoms with Crippen molar-refractivity contribution in [3.8, 4) is 5.69 Å². The van der Waals surface area contributed by atoms with Crippen LogP contribution in [0, 0.1) is 6.92 Å². The normalized spacial score (nSPS) is 10.7. The van der Waals surface area contributed by atoms with Crippen LogP contribution < -0.4 is 0 Å². The van der Waals surface area contributed by atoms with Crippen LogP contribution in [0.15, 0.2) is 59.8 Å². The first kappa shape index (κ1) is 12.9.